The molecule has 0 amide bonds. The average molecular weight is 193 g/mol. The molecule has 5 nitrogen and oxygen atoms in total. The van der Waals surface area contributed by atoms with E-state index in [2.05, 4.69) is 14.8 Å². The highest BCUT2D eigenvalue weighted by atomic mass is 16.8. The molecule has 0 radical (unpaired) electrons. The molecule has 0 aliphatic rings. The minimum Gasteiger partial charge on any atom is -0.359 e. The van der Waals surface area contributed by atoms with Gasteiger partial charge in [-0.25, -0.2) is 4.98 Å². The number of rotatable bonds is 1. The molecule has 0 saturated carbocycles. The van der Waals surface area contributed by atoms with E-state index in [1.165, 1.54) is 0 Å². The monoisotopic (exact) mass is 193 g/mol. The van der Waals surface area contributed by atoms with Crippen molar-refractivity contribution in [2.75, 3.05) is 0 Å². The lowest BCUT2D eigenvalue weighted by atomic mass is 10.1. The molecule has 2 heterocycles. The van der Waals surface area contributed by atoms with Gasteiger partial charge in [-0.15, -0.1) is 0 Å². The smallest absolute Gasteiger partial charge is 0.341 e. The number of nitrogens with zero attached hydrogens (tertiary/aromatic N) is 3. The van der Waals surface area contributed by atoms with Gasteiger partial charge in [0.2, 0.25) is 5.52 Å². The first kappa shape index (κ1) is 8.93. The fourth-order valence-corrected chi connectivity index (χ4v) is 1.38. The van der Waals surface area contributed by atoms with Crippen LogP contribution < -0.4 is 4.90 Å². The maximum absolute atomic E-state index is 11.1. The van der Waals surface area contributed by atoms with Gasteiger partial charge in [0.05, 0.1) is 5.16 Å². The van der Waals surface area contributed by atoms with Gasteiger partial charge in [-0.2, -0.15) is 0 Å². The fourth-order valence-electron chi connectivity index (χ4n) is 1.38. The van der Waals surface area contributed by atoms with Gasteiger partial charge in [-0.05, 0) is 23.8 Å². The third-order valence-electron chi connectivity index (χ3n) is 2.16. The molecular formula is C9H11N3O2. The zero-order valence-electron chi connectivity index (χ0n) is 8.31. The largest absolute Gasteiger partial charge is 0.359 e. The Bertz CT molecular complexity index is 476. The van der Waals surface area contributed by atoms with Crippen molar-refractivity contribution in [1.29, 1.82) is 0 Å². The fraction of sp³-hybridized carbons (Fsp3) is 0.444. The Kier molecular flexibility index (Phi) is 1.87. The molecule has 0 atom stereocenters. The molecule has 0 saturated heterocycles. The number of aryl methyl sites for hydroxylation is 1. The molecule has 74 valence electrons. The SMILES string of the molecule is Cc1cc(C(C)C)nc2no[n+]([O-])c12. The minimum absolute atomic E-state index is 0.315. The van der Waals surface area contributed by atoms with E-state index < -0.39 is 0 Å². The van der Waals surface area contributed by atoms with Gasteiger partial charge in [0.25, 0.3) is 0 Å². The van der Waals surface area contributed by atoms with Crippen molar-refractivity contribution in [3.8, 4) is 0 Å². The van der Waals surface area contributed by atoms with Crippen molar-refractivity contribution in [2.45, 2.75) is 26.7 Å². The normalized spacial score (nSPS) is 11.4. The molecule has 0 aromatic carbocycles. The molecule has 0 aliphatic heterocycles. The van der Waals surface area contributed by atoms with Crippen molar-refractivity contribution >= 4 is 11.2 Å². The quantitative estimate of drug-likeness (QED) is 0.640. The van der Waals surface area contributed by atoms with Crippen LogP contribution in [-0.2, 0) is 0 Å². The molecule has 2 aromatic heterocycles. The van der Waals surface area contributed by atoms with Gasteiger partial charge in [-0.3, -0.25) is 4.63 Å². The first-order chi connectivity index (χ1) is 6.59. The summed E-state index contributed by atoms with van der Waals surface area (Å²) in [4.78, 5) is 4.62. The van der Waals surface area contributed by atoms with Crippen LogP contribution in [0.2, 0.25) is 0 Å². The van der Waals surface area contributed by atoms with Gasteiger partial charge in [0.1, 0.15) is 0 Å². The van der Waals surface area contributed by atoms with Crippen molar-refractivity contribution in [2.24, 2.45) is 0 Å². The van der Waals surface area contributed by atoms with E-state index in [1.54, 1.807) is 0 Å². The van der Waals surface area contributed by atoms with Crippen LogP contribution in [0, 0.1) is 12.1 Å². The Balaban J connectivity index is 2.74. The summed E-state index contributed by atoms with van der Waals surface area (Å²) in [7, 11) is 0. The van der Waals surface area contributed by atoms with Crippen LogP contribution in [0.25, 0.3) is 11.2 Å². The van der Waals surface area contributed by atoms with E-state index in [-0.39, 0.29) is 0 Å². The molecule has 2 aromatic rings. The maximum atomic E-state index is 11.1. The lowest BCUT2D eigenvalue weighted by Gasteiger charge is -2.02. The van der Waals surface area contributed by atoms with E-state index >= 15 is 0 Å². The predicted molar refractivity (Wildman–Crippen MR) is 49.6 cm³/mol. The van der Waals surface area contributed by atoms with Crippen LogP contribution in [-0.4, -0.2) is 10.1 Å². The zero-order chi connectivity index (χ0) is 10.3. The van der Waals surface area contributed by atoms with E-state index in [0.29, 0.717) is 22.0 Å². The van der Waals surface area contributed by atoms with Gasteiger partial charge in [-0.1, -0.05) is 13.8 Å². The molecule has 2 rings (SSSR count). The summed E-state index contributed by atoms with van der Waals surface area (Å²) in [5, 5.41) is 14.7. The van der Waals surface area contributed by atoms with Gasteiger partial charge in [0, 0.05) is 11.3 Å². The van der Waals surface area contributed by atoms with Crippen molar-refractivity contribution in [3.05, 3.63) is 22.5 Å². The second kappa shape index (κ2) is 2.94. The number of hydrogen-bond acceptors (Lipinski definition) is 4. The van der Waals surface area contributed by atoms with Crippen molar-refractivity contribution < 1.29 is 9.53 Å². The second-order valence-corrected chi connectivity index (χ2v) is 3.62. The third-order valence-corrected chi connectivity index (χ3v) is 2.16. The number of aromatic nitrogens is 3. The lowest BCUT2D eigenvalue weighted by Crippen LogP contribution is -2.23. The Hall–Kier alpha value is -1.65. The summed E-state index contributed by atoms with van der Waals surface area (Å²) in [5.74, 6) is 0.315. The Morgan fingerprint density at radius 2 is 2.21 bits per heavy atom. The van der Waals surface area contributed by atoms with Crippen LogP contribution in [0.15, 0.2) is 10.7 Å². The summed E-state index contributed by atoms with van der Waals surface area (Å²) < 4.78 is 4.48. The summed E-state index contributed by atoms with van der Waals surface area (Å²) in [5.41, 5.74) is 2.55. The molecule has 0 bridgehead atoms. The van der Waals surface area contributed by atoms with E-state index in [4.69, 9.17) is 0 Å². The zero-order valence-corrected chi connectivity index (χ0v) is 8.31. The third kappa shape index (κ3) is 1.21. The van der Waals surface area contributed by atoms with E-state index in [9.17, 15) is 5.21 Å². The molecule has 0 spiro atoms. The van der Waals surface area contributed by atoms with E-state index in [1.807, 2.05) is 26.8 Å². The van der Waals surface area contributed by atoms with Crippen LogP contribution in [0.5, 0.6) is 0 Å². The molecule has 0 fully saturated rings. The molecule has 14 heavy (non-hydrogen) atoms. The van der Waals surface area contributed by atoms with Gasteiger partial charge < -0.3 is 5.21 Å². The van der Waals surface area contributed by atoms with Gasteiger partial charge >= 0.3 is 5.65 Å². The molecular weight excluding hydrogens is 182 g/mol. The number of fused-ring (bicyclic) bond motifs is 1. The first-order valence-electron chi connectivity index (χ1n) is 4.46. The standard InChI is InChI=1S/C9H11N3O2/c1-5(2)7-4-6(3)8-9(10-7)11-14-12(8)13/h4-5H,1-3H3. The highest BCUT2D eigenvalue weighted by Crippen LogP contribution is 2.17. The molecule has 0 N–H and O–H groups in total. The lowest BCUT2D eigenvalue weighted by molar-refractivity contribution is -0.782. The first-order valence-corrected chi connectivity index (χ1v) is 4.46. The highest BCUT2D eigenvalue weighted by Gasteiger charge is 2.16. The Morgan fingerprint density at radius 1 is 1.50 bits per heavy atom. The average Bonchev–Trinajstić information content (AvgIpc) is 2.48. The summed E-state index contributed by atoms with van der Waals surface area (Å²) >= 11 is 0. The highest BCUT2D eigenvalue weighted by molar-refractivity contribution is 5.69. The van der Waals surface area contributed by atoms with Crippen LogP contribution >= 0.6 is 0 Å². The van der Waals surface area contributed by atoms with Crippen LogP contribution in [0.3, 0.4) is 0 Å². The Labute approximate surface area is 80.9 Å². The van der Waals surface area contributed by atoms with Crippen LogP contribution in [0.1, 0.15) is 31.0 Å². The Morgan fingerprint density at radius 3 is 2.86 bits per heavy atom. The molecule has 5 heteroatoms. The second-order valence-electron chi connectivity index (χ2n) is 3.62. The van der Waals surface area contributed by atoms with E-state index in [0.717, 1.165) is 11.3 Å². The minimum atomic E-state index is 0.315. The number of pyridine rings is 1. The topological polar surface area (TPSA) is 65.9 Å². The predicted octanol–water partition coefficient (Wildman–Crippen LogP) is 1.29. The van der Waals surface area contributed by atoms with Crippen molar-refractivity contribution in [3.63, 3.8) is 0 Å². The summed E-state index contributed by atoms with van der Waals surface area (Å²) in [6.07, 6.45) is 0. The molecule has 0 aliphatic carbocycles. The van der Waals surface area contributed by atoms with Gasteiger partial charge in [0.15, 0.2) is 0 Å². The maximum Gasteiger partial charge on any atom is 0.341 e. The molecule has 0 unspecified atom stereocenters. The summed E-state index contributed by atoms with van der Waals surface area (Å²) in [6.45, 7) is 5.93. The van der Waals surface area contributed by atoms with Crippen LogP contribution in [0.4, 0.5) is 0 Å². The van der Waals surface area contributed by atoms with Crippen molar-refractivity contribution in [1.82, 2.24) is 10.1 Å². The summed E-state index contributed by atoms with van der Waals surface area (Å²) in [6, 6.07) is 1.89. The number of hydrogen-bond donors (Lipinski definition) is 0.